The highest BCUT2D eigenvalue weighted by Gasteiger charge is 2.12. The lowest BCUT2D eigenvalue weighted by molar-refractivity contribution is 0.324. The fourth-order valence-electron chi connectivity index (χ4n) is 2.61. The molecule has 0 unspecified atom stereocenters. The topological polar surface area (TPSA) is 101 Å². The van der Waals surface area contributed by atoms with Crippen LogP contribution in [0.2, 0.25) is 0 Å². The van der Waals surface area contributed by atoms with Crippen LogP contribution in [0.25, 0.3) is 4.72 Å². The first-order valence-electron chi connectivity index (χ1n) is 8.80. The quantitative estimate of drug-likeness (QED) is 0.499. The molecule has 0 radical (unpaired) electrons. The monoisotopic (exact) mass is 426 g/mol. The van der Waals surface area contributed by atoms with E-state index < -0.39 is 10.0 Å². The Balaban J connectivity index is 1.79. The molecule has 0 amide bonds. The molecular formula is C21H20N3O5S-. The highest BCUT2D eigenvalue weighted by atomic mass is 32.2. The van der Waals surface area contributed by atoms with Crippen molar-refractivity contribution in [2.24, 2.45) is 4.99 Å². The summed E-state index contributed by atoms with van der Waals surface area (Å²) in [5.41, 5.74) is 1.30. The Hall–Kier alpha value is -3.59. The minimum Gasteiger partial charge on any atom is -0.493 e. The number of aromatic nitrogens is 1. The Bertz CT molecular complexity index is 1110. The minimum absolute atomic E-state index is 0.0555. The molecule has 0 bridgehead atoms. The maximum atomic E-state index is 12.4. The number of rotatable bonds is 8. The highest BCUT2D eigenvalue weighted by Crippen LogP contribution is 2.38. The Labute approximate surface area is 175 Å². The number of methoxy groups -OCH3 is 3. The second kappa shape index (κ2) is 9.27. The van der Waals surface area contributed by atoms with Crippen molar-refractivity contribution < 1.29 is 22.6 Å². The lowest BCUT2D eigenvalue weighted by Gasteiger charge is -2.14. The zero-order valence-electron chi connectivity index (χ0n) is 16.6. The summed E-state index contributed by atoms with van der Waals surface area (Å²) < 4.78 is 44.5. The van der Waals surface area contributed by atoms with Crippen molar-refractivity contribution in [1.29, 1.82) is 0 Å². The zero-order valence-corrected chi connectivity index (χ0v) is 17.5. The van der Waals surface area contributed by atoms with Gasteiger partial charge in [0.15, 0.2) is 11.5 Å². The molecule has 3 rings (SSSR count). The van der Waals surface area contributed by atoms with E-state index in [1.165, 1.54) is 45.7 Å². The van der Waals surface area contributed by atoms with E-state index in [2.05, 4.69) is 14.7 Å². The van der Waals surface area contributed by atoms with Crippen LogP contribution in [-0.2, 0) is 10.0 Å². The Morgan fingerprint density at radius 2 is 1.60 bits per heavy atom. The third-order valence-electron chi connectivity index (χ3n) is 4.05. The molecule has 0 N–H and O–H groups in total. The molecule has 0 aliphatic carbocycles. The molecule has 2 aromatic carbocycles. The van der Waals surface area contributed by atoms with Crippen molar-refractivity contribution in [3.05, 3.63) is 71.1 Å². The number of hydrogen-bond donors (Lipinski definition) is 0. The summed E-state index contributed by atoms with van der Waals surface area (Å²) in [7, 11) is 0.743. The molecule has 3 aromatic rings. The lowest BCUT2D eigenvalue weighted by atomic mass is 10.2. The Kier molecular flexibility index (Phi) is 6.53. The van der Waals surface area contributed by atoms with Gasteiger partial charge in [-0.2, -0.15) is 0 Å². The van der Waals surface area contributed by atoms with Gasteiger partial charge in [0.1, 0.15) is 0 Å². The predicted octanol–water partition coefficient (Wildman–Crippen LogP) is 4.25. The number of pyridine rings is 1. The number of ether oxygens (including phenoxy) is 3. The van der Waals surface area contributed by atoms with Crippen LogP contribution in [0.3, 0.4) is 0 Å². The molecule has 30 heavy (non-hydrogen) atoms. The summed E-state index contributed by atoms with van der Waals surface area (Å²) >= 11 is 0. The average molecular weight is 426 g/mol. The molecule has 8 nitrogen and oxygen atoms in total. The molecular weight excluding hydrogens is 406 g/mol. The van der Waals surface area contributed by atoms with Gasteiger partial charge in [0, 0.05) is 11.8 Å². The van der Waals surface area contributed by atoms with E-state index in [9.17, 15) is 8.42 Å². The van der Waals surface area contributed by atoms with Crippen LogP contribution in [-0.4, -0.2) is 40.9 Å². The average Bonchev–Trinajstić information content (AvgIpc) is 2.77. The zero-order chi connectivity index (χ0) is 21.6. The minimum atomic E-state index is -3.86. The maximum absolute atomic E-state index is 12.4. The van der Waals surface area contributed by atoms with Gasteiger partial charge < -0.3 is 23.9 Å². The van der Waals surface area contributed by atoms with Crippen LogP contribution >= 0.6 is 0 Å². The van der Waals surface area contributed by atoms with Crippen LogP contribution in [0.4, 0.5) is 11.5 Å². The van der Waals surface area contributed by atoms with Gasteiger partial charge in [0.2, 0.25) is 15.8 Å². The molecule has 156 valence electrons. The summed E-state index contributed by atoms with van der Waals surface area (Å²) in [6, 6.07) is 14.5. The number of benzene rings is 2. The van der Waals surface area contributed by atoms with Crippen LogP contribution in [0.15, 0.2) is 70.7 Å². The van der Waals surface area contributed by atoms with Gasteiger partial charge in [0.05, 0.1) is 31.9 Å². The molecule has 0 atom stereocenters. The summed E-state index contributed by atoms with van der Waals surface area (Å²) in [5, 5.41) is 0. The number of sulfonamides is 1. The highest BCUT2D eigenvalue weighted by molar-refractivity contribution is 7.94. The van der Waals surface area contributed by atoms with Crippen molar-refractivity contribution in [2.75, 3.05) is 21.3 Å². The molecule has 0 aliphatic heterocycles. The van der Waals surface area contributed by atoms with Gasteiger partial charge in [-0.05, 0) is 42.2 Å². The molecule has 1 aromatic heterocycles. The fourth-order valence-corrected chi connectivity index (χ4v) is 3.55. The van der Waals surface area contributed by atoms with E-state index in [0.717, 1.165) is 5.56 Å². The van der Waals surface area contributed by atoms with E-state index in [0.29, 0.717) is 22.9 Å². The third-order valence-corrected chi connectivity index (χ3v) is 5.34. The number of aliphatic imine (C=N–C) groups is 1. The van der Waals surface area contributed by atoms with E-state index in [4.69, 9.17) is 14.2 Å². The van der Waals surface area contributed by atoms with Gasteiger partial charge in [-0.15, -0.1) is 0 Å². The Morgan fingerprint density at radius 1 is 0.933 bits per heavy atom. The molecule has 9 heteroatoms. The standard InChI is InChI=1S/C21H20N3O5S/c1-27-18-12-15(13-19(28-2)21(18)29-3)14-23-16-7-9-17(10-8-16)30(25,26)24-20-6-4-5-11-22-20/h4-14H,1-3H3/q-1. The summed E-state index contributed by atoms with van der Waals surface area (Å²) in [6.07, 6.45) is 3.10. The first kappa shape index (κ1) is 21.1. The molecule has 0 saturated heterocycles. The SMILES string of the molecule is COc1cc(C=Nc2ccc(S(=O)(=O)[N-]c3ccccn3)cc2)cc(OC)c1OC. The first-order chi connectivity index (χ1) is 14.5. The van der Waals surface area contributed by atoms with Gasteiger partial charge in [-0.1, -0.05) is 24.4 Å². The van der Waals surface area contributed by atoms with Crippen LogP contribution < -0.4 is 14.2 Å². The smallest absolute Gasteiger partial charge is 0.203 e. The molecule has 0 aliphatic rings. The third kappa shape index (κ3) is 4.87. The van der Waals surface area contributed by atoms with Crippen molar-refractivity contribution in [2.45, 2.75) is 4.90 Å². The van der Waals surface area contributed by atoms with Crippen molar-refractivity contribution >= 4 is 27.7 Å². The first-order valence-corrected chi connectivity index (χ1v) is 10.2. The van der Waals surface area contributed by atoms with E-state index >= 15 is 0 Å². The van der Waals surface area contributed by atoms with Crippen LogP contribution in [0.5, 0.6) is 17.2 Å². The number of nitrogens with zero attached hydrogens (tertiary/aromatic N) is 3. The van der Waals surface area contributed by atoms with Gasteiger partial charge >= 0.3 is 0 Å². The maximum Gasteiger partial charge on any atom is 0.203 e. The van der Waals surface area contributed by atoms with Crippen molar-refractivity contribution in [1.82, 2.24) is 4.98 Å². The fraction of sp³-hybridized carbons (Fsp3) is 0.143. The molecule has 0 spiro atoms. The van der Waals surface area contributed by atoms with Gasteiger partial charge in [-0.3, -0.25) is 4.99 Å². The van der Waals surface area contributed by atoms with Crippen molar-refractivity contribution in [3.8, 4) is 17.2 Å². The molecule has 1 heterocycles. The summed E-state index contributed by atoms with van der Waals surface area (Å²) in [5.74, 6) is 1.64. The lowest BCUT2D eigenvalue weighted by Crippen LogP contribution is -1.98. The van der Waals surface area contributed by atoms with Crippen molar-refractivity contribution in [3.63, 3.8) is 0 Å². The largest absolute Gasteiger partial charge is 0.493 e. The second-order valence-corrected chi connectivity index (χ2v) is 7.57. The Morgan fingerprint density at radius 3 is 2.13 bits per heavy atom. The summed E-state index contributed by atoms with van der Waals surface area (Å²) in [4.78, 5) is 8.34. The predicted molar refractivity (Wildman–Crippen MR) is 114 cm³/mol. The van der Waals surface area contributed by atoms with E-state index in [-0.39, 0.29) is 10.7 Å². The van der Waals surface area contributed by atoms with Gasteiger partial charge in [-0.25, -0.2) is 8.42 Å². The molecule has 0 saturated carbocycles. The summed E-state index contributed by atoms with van der Waals surface area (Å²) in [6.45, 7) is 0. The van der Waals surface area contributed by atoms with Gasteiger partial charge in [0.25, 0.3) is 0 Å². The van der Waals surface area contributed by atoms with Crippen LogP contribution in [0, 0.1) is 0 Å². The normalized spacial score (nSPS) is 11.3. The number of hydrogen-bond acceptors (Lipinski definition) is 7. The second-order valence-electron chi connectivity index (χ2n) is 5.97. The van der Waals surface area contributed by atoms with Crippen LogP contribution in [0.1, 0.15) is 5.56 Å². The molecule has 0 fully saturated rings. The van der Waals surface area contributed by atoms with E-state index in [1.54, 1.807) is 42.6 Å². The van der Waals surface area contributed by atoms with E-state index in [1.807, 2.05) is 0 Å².